The normalized spacial score (nSPS) is 11.8. The lowest BCUT2D eigenvalue weighted by molar-refractivity contribution is -0.540. The van der Waals surface area contributed by atoms with Crippen molar-refractivity contribution in [3.8, 4) is 23.0 Å². The maximum absolute atomic E-state index is 14.0. The van der Waals surface area contributed by atoms with Crippen molar-refractivity contribution in [3.63, 3.8) is 0 Å². The molecule has 0 saturated heterocycles. The van der Waals surface area contributed by atoms with Crippen LogP contribution in [0.15, 0.2) is 206 Å². The van der Waals surface area contributed by atoms with Gasteiger partial charge in [0.05, 0.1) is 34.1 Å². The van der Waals surface area contributed by atoms with Gasteiger partial charge in [-0.1, -0.05) is 41.5 Å². The minimum atomic E-state index is -0.661. The van der Waals surface area contributed by atoms with E-state index < -0.39 is 11.1 Å². The SMILES string of the molecule is COc1ccc(N(c2ccc(N(c3ccc(OC)cc3)c3ccc(N(c4ccc(OC)cc4)c4cc([N+](=O)C(C)(C)C)cc(C(C)(C)C)c4)cc3)cc2)c2ccc(N(c3ccc(OC)cc3)c3cc(N([O-])C(C)(C)C)cc(C(C)(C)C)c3)cc2)cc1. The van der Waals surface area contributed by atoms with Gasteiger partial charge in [-0.3, -0.25) is 0 Å². The molecule has 0 amide bonds. The molecule has 444 valence electrons. The number of hydrogen-bond donors (Lipinski definition) is 0. The van der Waals surface area contributed by atoms with Crippen molar-refractivity contribution < 1.29 is 23.7 Å². The van der Waals surface area contributed by atoms with Gasteiger partial charge >= 0.3 is 0 Å². The number of methoxy groups -OCH3 is 4. The Labute approximate surface area is 509 Å². The van der Waals surface area contributed by atoms with Gasteiger partial charge < -0.3 is 48.8 Å². The van der Waals surface area contributed by atoms with Crippen LogP contribution < -0.4 is 43.6 Å². The molecule has 9 rings (SSSR count). The molecule has 12 nitrogen and oxygen atoms in total. The van der Waals surface area contributed by atoms with Crippen molar-refractivity contribution in [1.82, 2.24) is 0 Å². The second kappa shape index (κ2) is 24.8. The first-order valence-corrected chi connectivity index (χ1v) is 29.1. The summed E-state index contributed by atoms with van der Waals surface area (Å²) in [6.45, 7) is 24.6. The van der Waals surface area contributed by atoms with E-state index in [1.807, 2.05) is 139 Å². The lowest BCUT2D eigenvalue weighted by atomic mass is 9.86. The summed E-state index contributed by atoms with van der Waals surface area (Å²) in [6.07, 6.45) is 0. The van der Waals surface area contributed by atoms with Crippen molar-refractivity contribution in [2.45, 2.75) is 105 Å². The molecule has 9 aromatic carbocycles. The van der Waals surface area contributed by atoms with Gasteiger partial charge in [-0.2, -0.15) is 0 Å². The van der Waals surface area contributed by atoms with Gasteiger partial charge in [0, 0.05) is 116 Å². The quantitative estimate of drug-likeness (QED) is 0.0607. The summed E-state index contributed by atoms with van der Waals surface area (Å²) in [5.74, 6) is 2.99. The van der Waals surface area contributed by atoms with Gasteiger partial charge in [-0.05, 0) is 237 Å². The highest BCUT2D eigenvalue weighted by molar-refractivity contribution is 5.86. The van der Waals surface area contributed by atoms with Crippen LogP contribution in [-0.2, 0) is 10.8 Å². The second-order valence-corrected chi connectivity index (χ2v) is 25.6. The van der Waals surface area contributed by atoms with E-state index in [0.29, 0.717) is 11.4 Å². The molecule has 0 bridgehead atoms. The predicted molar refractivity (Wildman–Crippen MR) is 357 cm³/mol. The monoisotopic (exact) mass is 1150 g/mol. The Morgan fingerprint density at radius 3 is 0.756 bits per heavy atom. The van der Waals surface area contributed by atoms with Crippen molar-refractivity contribution >= 4 is 79.6 Å². The first-order chi connectivity index (χ1) is 40.8. The fraction of sp³-hybridized carbons (Fsp3) is 0.270. The Hall–Kier alpha value is -9.26. The van der Waals surface area contributed by atoms with Crippen LogP contribution >= 0.6 is 0 Å². The van der Waals surface area contributed by atoms with Crippen molar-refractivity contribution in [2.75, 3.05) is 53.1 Å². The molecule has 0 aromatic heterocycles. The van der Waals surface area contributed by atoms with Crippen LogP contribution in [0.3, 0.4) is 0 Å². The highest BCUT2D eigenvalue weighted by Gasteiger charge is 2.34. The van der Waals surface area contributed by atoms with Crippen LogP contribution in [-0.4, -0.2) is 44.3 Å². The first kappa shape index (κ1) is 61.3. The highest BCUT2D eigenvalue weighted by Crippen LogP contribution is 2.46. The fourth-order valence-corrected chi connectivity index (χ4v) is 10.3. The van der Waals surface area contributed by atoms with Gasteiger partial charge in [0.1, 0.15) is 23.0 Å². The van der Waals surface area contributed by atoms with E-state index in [9.17, 15) is 10.1 Å². The number of anilines is 13. The molecule has 0 spiro atoms. The largest absolute Gasteiger partial charge is 0.758 e. The van der Waals surface area contributed by atoms with Gasteiger partial charge in [0.15, 0.2) is 0 Å². The maximum Gasteiger partial charge on any atom is 0.259 e. The minimum Gasteiger partial charge on any atom is -0.758 e. The molecule has 0 unspecified atom stereocenters. The lowest BCUT2D eigenvalue weighted by Gasteiger charge is -2.44. The van der Waals surface area contributed by atoms with Gasteiger partial charge in [0.25, 0.3) is 5.69 Å². The van der Waals surface area contributed by atoms with Crippen LogP contribution in [0.1, 0.15) is 94.2 Å². The number of benzene rings is 9. The smallest absolute Gasteiger partial charge is 0.259 e. The minimum absolute atomic E-state index is 0.246. The molecule has 0 aliphatic heterocycles. The lowest BCUT2D eigenvalue weighted by Crippen LogP contribution is -2.36. The van der Waals surface area contributed by atoms with E-state index in [1.165, 1.54) is 0 Å². The van der Waals surface area contributed by atoms with Crippen molar-refractivity contribution in [3.05, 3.63) is 227 Å². The van der Waals surface area contributed by atoms with Crippen LogP contribution in [0, 0.1) is 10.1 Å². The average molecular weight is 1150 g/mol. The number of ether oxygens (including phenoxy) is 4. The summed E-state index contributed by atoms with van der Waals surface area (Å²) in [6, 6.07) is 70.2. The zero-order valence-corrected chi connectivity index (χ0v) is 52.8. The van der Waals surface area contributed by atoms with E-state index >= 15 is 0 Å². The van der Waals surface area contributed by atoms with E-state index in [2.05, 4.69) is 170 Å². The number of hydroxylamine groups is 1. The Balaban J connectivity index is 1.14. The number of hydrogen-bond acceptors (Lipinski definition) is 11. The zero-order chi connectivity index (χ0) is 61.9. The third kappa shape index (κ3) is 13.6. The van der Waals surface area contributed by atoms with E-state index in [1.54, 1.807) is 28.4 Å². The number of nitroso groups, excluding NO2 is 1. The molecule has 0 fully saturated rings. The zero-order valence-electron chi connectivity index (χ0n) is 52.8. The topological polar surface area (TPSA) is 96.3 Å². The molecule has 0 saturated carbocycles. The Morgan fingerprint density at radius 1 is 0.302 bits per heavy atom. The Bertz CT molecular complexity index is 3750. The molecule has 86 heavy (non-hydrogen) atoms. The summed E-state index contributed by atoms with van der Waals surface area (Å²) < 4.78 is 23.6. The standard InChI is InChI=1S/C74H82N6O6/c1-71(2,3)51-45-63(49-65(47-51)79(81)73(7,8)9)77(61-33-41-69(85-15)42-34-61)57-25-21-55(22-26-57)75(59-29-37-67(83-13)38-30-59)53-17-19-54(20-18-53)76(60-31-39-68(84-14)40-32-60)56-23-27-58(28-24-56)78(62-35-43-70(86-16)44-36-62)64-46-52(72(4,5)6)48-66(50-64)80(82)74(10,11)12/h17-50H,1-16H3. The molecule has 0 aliphatic rings. The van der Waals surface area contributed by atoms with Gasteiger partial charge in [-0.15, -0.1) is 0 Å². The molecule has 12 heteroatoms. The summed E-state index contributed by atoms with van der Waals surface area (Å²) in [5.41, 5.74) is 12.4. The summed E-state index contributed by atoms with van der Waals surface area (Å²) in [4.78, 5) is 22.8. The average Bonchev–Trinajstić information content (AvgIpc) is 1.17. The van der Waals surface area contributed by atoms with E-state index in [4.69, 9.17) is 18.9 Å². The van der Waals surface area contributed by atoms with Crippen molar-refractivity contribution in [2.24, 2.45) is 0 Å². The molecule has 0 radical (unpaired) electrons. The summed E-state index contributed by atoms with van der Waals surface area (Å²) in [5, 5.41) is 15.1. The molecular formula is C74H82N6O6. The third-order valence-electron chi connectivity index (χ3n) is 15.2. The molecular weight excluding hydrogens is 1070 g/mol. The molecule has 0 aliphatic carbocycles. The van der Waals surface area contributed by atoms with Crippen LogP contribution in [0.2, 0.25) is 0 Å². The van der Waals surface area contributed by atoms with E-state index in [0.717, 1.165) is 112 Å². The van der Waals surface area contributed by atoms with Crippen LogP contribution in [0.5, 0.6) is 23.0 Å². The predicted octanol–water partition coefficient (Wildman–Crippen LogP) is 20.5. The summed E-state index contributed by atoms with van der Waals surface area (Å²) in [7, 11) is 6.68. The van der Waals surface area contributed by atoms with Crippen LogP contribution in [0.4, 0.5) is 79.6 Å². The molecule has 9 aromatic rings. The maximum atomic E-state index is 14.0. The molecule has 0 atom stereocenters. The van der Waals surface area contributed by atoms with Gasteiger partial charge in [0.2, 0.25) is 5.54 Å². The number of nitrogens with zero attached hydrogens (tertiary/aromatic N) is 6. The molecule has 0 N–H and O–H groups in total. The Morgan fingerprint density at radius 2 is 0.523 bits per heavy atom. The second-order valence-electron chi connectivity index (χ2n) is 25.6. The number of rotatable bonds is 18. The van der Waals surface area contributed by atoms with Crippen LogP contribution in [0.25, 0.3) is 0 Å². The first-order valence-electron chi connectivity index (χ1n) is 29.1. The van der Waals surface area contributed by atoms with E-state index in [-0.39, 0.29) is 10.8 Å². The summed E-state index contributed by atoms with van der Waals surface area (Å²) >= 11 is 0. The third-order valence-corrected chi connectivity index (χ3v) is 15.2. The fourth-order valence-electron chi connectivity index (χ4n) is 10.3. The molecule has 0 heterocycles. The van der Waals surface area contributed by atoms with Gasteiger partial charge in [-0.25, -0.2) is 0 Å². The Kier molecular flexibility index (Phi) is 17.6. The van der Waals surface area contributed by atoms with Crippen molar-refractivity contribution in [1.29, 1.82) is 0 Å². The highest BCUT2D eigenvalue weighted by atomic mass is 16.5.